The summed E-state index contributed by atoms with van der Waals surface area (Å²) >= 11 is 0. The van der Waals surface area contributed by atoms with Crippen LogP contribution in [0.1, 0.15) is 49.5 Å². The number of fused-ring (bicyclic) bond motifs is 1. The molecule has 1 saturated carbocycles. The van der Waals surface area contributed by atoms with Gasteiger partial charge in [-0.2, -0.15) is 5.10 Å². The molecule has 2 fully saturated rings. The van der Waals surface area contributed by atoms with Crippen molar-refractivity contribution >= 4 is 11.2 Å². The normalized spacial score (nSPS) is 15.1. The standard InChI is InChI=1S/C14H9F3N4.C6H8N2.C5H10O/c1-6-7(2)21-14-13(20-6)12(18-5-19-14)8-3-10(16)11(17)4-9(8)15;1-4-7-8(5-1)6-2-3-6;1-2-4-6-5-3-1/h3-5H,1-2H3;1,4-6H,2-3H2;1-5H2. The number of halogens is 3. The third-order valence-electron chi connectivity index (χ3n) is 5.67. The molecule has 0 N–H and O–H groups in total. The van der Waals surface area contributed by atoms with Gasteiger partial charge in [-0.15, -0.1) is 0 Å². The van der Waals surface area contributed by atoms with E-state index in [2.05, 4.69) is 25.0 Å². The van der Waals surface area contributed by atoms with Crippen molar-refractivity contribution in [3.05, 3.63) is 65.8 Å². The van der Waals surface area contributed by atoms with Gasteiger partial charge in [0.15, 0.2) is 17.3 Å². The molecule has 6 rings (SSSR count). The number of ether oxygens (including phenoxy) is 1. The predicted molar refractivity (Wildman–Crippen MR) is 125 cm³/mol. The number of nitrogens with zero attached hydrogens (tertiary/aromatic N) is 6. The first-order chi connectivity index (χ1) is 16.9. The predicted octanol–water partition coefficient (Wildman–Crippen LogP) is 5.53. The highest BCUT2D eigenvalue weighted by Gasteiger charge is 2.23. The number of rotatable bonds is 2. The molecule has 2 aliphatic rings. The van der Waals surface area contributed by atoms with E-state index in [0.29, 0.717) is 17.5 Å². The summed E-state index contributed by atoms with van der Waals surface area (Å²) in [7, 11) is 0. The molecule has 10 heteroatoms. The second-order valence-corrected chi connectivity index (χ2v) is 8.43. The lowest BCUT2D eigenvalue weighted by atomic mass is 10.1. The Kier molecular flexibility index (Phi) is 8.02. The van der Waals surface area contributed by atoms with Gasteiger partial charge >= 0.3 is 0 Å². The number of aryl methyl sites for hydroxylation is 2. The molecule has 0 bridgehead atoms. The molecule has 1 aliphatic heterocycles. The fraction of sp³-hybridized carbons (Fsp3) is 0.400. The fourth-order valence-corrected chi connectivity index (χ4v) is 3.47. The van der Waals surface area contributed by atoms with Gasteiger partial charge in [-0.1, -0.05) is 0 Å². The molecular formula is C25H27F3N6O. The number of aromatic nitrogens is 6. The maximum Gasteiger partial charge on any atom is 0.182 e. The quantitative estimate of drug-likeness (QED) is 0.348. The van der Waals surface area contributed by atoms with Crippen molar-refractivity contribution in [1.29, 1.82) is 0 Å². The largest absolute Gasteiger partial charge is 0.381 e. The summed E-state index contributed by atoms with van der Waals surface area (Å²) in [5.74, 6) is -3.34. The second-order valence-electron chi connectivity index (χ2n) is 8.43. The lowest BCUT2D eigenvalue weighted by Gasteiger charge is -2.08. The summed E-state index contributed by atoms with van der Waals surface area (Å²) in [4.78, 5) is 16.4. The maximum atomic E-state index is 13.9. The molecule has 4 heterocycles. The first-order valence-corrected chi connectivity index (χ1v) is 11.6. The molecule has 0 atom stereocenters. The monoisotopic (exact) mass is 484 g/mol. The van der Waals surface area contributed by atoms with Crippen molar-refractivity contribution in [2.75, 3.05) is 13.2 Å². The zero-order chi connectivity index (χ0) is 24.8. The molecule has 1 aromatic carbocycles. The van der Waals surface area contributed by atoms with Crippen molar-refractivity contribution in [2.24, 2.45) is 0 Å². The van der Waals surface area contributed by atoms with Crippen LogP contribution in [0.3, 0.4) is 0 Å². The molecule has 0 unspecified atom stereocenters. The van der Waals surface area contributed by atoms with Crippen molar-refractivity contribution in [2.45, 2.75) is 52.0 Å². The van der Waals surface area contributed by atoms with Gasteiger partial charge in [0.1, 0.15) is 23.4 Å². The number of benzene rings is 1. The number of hydrogen-bond acceptors (Lipinski definition) is 6. The second kappa shape index (κ2) is 11.4. The van der Waals surface area contributed by atoms with E-state index in [0.717, 1.165) is 25.3 Å². The Balaban J connectivity index is 0.000000166. The van der Waals surface area contributed by atoms with Crippen LogP contribution >= 0.6 is 0 Å². The van der Waals surface area contributed by atoms with E-state index in [1.165, 1.54) is 38.4 Å². The minimum atomic E-state index is -1.26. The van der Waals surface area contributed by atoms with E-state index < -0.39 is 17.5 Å². The highest BCUT2D eigenvalue weighted by atomic mass is 19.2. The molecule has 1 saturated heterocycles. The molecule has 4 aromatic rings. The molecule has 7 nitrogen and oxygen atoms in total. The van der Waals surface area contributed by atoms with Crippen LogP contribution in [-0.4, -0.2) is 42.9 Å². The van der Waals surface area contributed by atoms with Crippen LogP contribution in [0.5, 0.6) is 0 Å². The Bertz CT molecular complexity index is 1260. The Labute approximate surface area is 201 Å². The first-order valence-electron chi connectivity index (χ1n) is 11.6. The summed E-state index contributed by atoms with van der Waals surface area (Å²) in [5, 5.41) is 4.09. The van der Waals surface area contributed by atoms with Gasteiger partial charge in [-0.25, -0.2) is 33.1 Å². The van der Waals surface area contributed by atoms with Gasteiger partial charge in [0.05, 0.1) is 17.4 Å². The fourth-order valence-electron chi connectivity index (χ4n) is 3.47. The zero-order valence-corrected chi connectivity index (χ0v) is 19.7. The molecule has 0 radical (unpaired) electrons. The summed E-state index contributed by atoms with van der Waals surface area (Å²) < 4.78 is 47.4. The van der Waals surface area contributed by atoms with E-state index in [9.17, 15) is 13.2 Å². The molecule has 35 heavy (non-hydrogen) atoms. The topological polar surface area (TPSA) is 78.6 Å². The highest BCUT2D eigenvalue weighted by Crippen LogP contribution is 2.33. The van der Waals surface area contributed by atoms with Crippen LogP contribution in [0.2, 0.25) is 0 Å². The van der Waals surface area contributed by atoms with Crippen molar-refractivity contribution in [3.63, 3.8) is 0 Å². The third-order valence-corrected chi connectivity index (χ3v) is 5.67. The van der Waals surface area contributed by atoms with Crippen molar-refractivity contribution < 1.29 is 17.9 Å². The number of hydrogen-bond donors (Lipinski definition) is 0. The van der Waals surface area contributed by atoms with Gasteiger partial charge in [-0.3, -0.25) is 4.68 Å². The zero-order valence-electron chi connectivity index (χ0n) is 19.7. The lowest BCUT2D eigenvalue weighted by molar-refractivity contribution is 0.0968. The maximum absolute atomic E-state index is 13.9. The van der Waals surface area contributed by atoms with E-state index in [-0.39, 0.29) is 22.4 Å². The van der Waals surface area contributed by atoms with Gasteiger partial charge in [-0.05, 0) is 58.1 Å². The summed E-state index contributed by atoms with van der Waals surface area (Å²) in [6.07, 6.45) is 11.6. The average molecular weight is 485 g/mol. The summed E-state index contributed by atoms with van der Waals surface area (Å²) in [6, 6.07) is 3.94. The average Bonchev–Trinajstić information content (AvgIpc) is 3.57. The Morgan fingerprint density at radius 2 is 1.60 bits per heavy atom. The van der Waals surface area contributed by atoms with Gasteiger partial charge in [0.25, 0.3) is 0 Å². The minimum absolute atomic E-state index is 0.0759. The van der Waals surface area contributed by atoms with E-state index in [1.54, 1.807) is 13.8 Å². The molecule has 0 spiro atoms. The van der Waals surface area contributed by atoms with Crippen LogP contribution in [0.25, 0.3) is 22.4 Å². The Morgan fingerprint density at radius 3 is 2.20 bits per heavy atom. The smallest absolute Gasteiger partial charge is 0.182 e. The molecule has 3 aromatic heterocycles. The highest BCUT2D eigenvalue weighted by molar-refractivity contribution is 5.86. The Hall–Kier alpha value is -3.40. The van der Waals surface area contributed by atoms with Crippen LogP contribution in [0, 0.1) is 31.3 Å². The van der Waals surface area contributed by atoms with Gasteiger partial charge in [0, 0.05) is 37.2 Å². The molecule has 1 aliphatic carbocycles. The molecule has 0 amide bonds. The van der Waals surface area contributed by atoms with Gasteiger partial charge in [0.2, 0.25) is 0 Å². The van der Waals surface area contributed by atoms with Crippen molar-refractivity contribution in [3.8, 4) is 11.3 Å². The van der Waals surface area contributed by atoms with Crippen molar-refractivity contribution in [1.82, 2.24) is 29.7 Å². The SMILES string of the molecule is C1CCOCC1.Cc1nc2ncnc(-c3cc(F)c(F)cc3F)c2nc1C.c1cnn(C2CC2)c1. The summed E-state index contributed by atoms with van der Waals surface area (Å²) in [6.45, 7) is 5.50. The Morgan fingerprint density at radius 1 is 0.886 bits per heavy atom. The summed E-state index contributed by atoms with van der Waals surface area (Å²) in [5.41, 5.74) is 1.71. The van der Waals surface area contributed by atoms with Crippen LogP contribution in [0.4, 0.5) is 13.2 Å². The lowest BCUT2D eigenvalue weighted by Crippen LogP contribution is -2.03. The molecule has 184 valence electrons. The van der Waals surface area contributed by atoms with E-state index in [1.807, 2.05) is 23.1 Å². The van der Waals surface area contributed by atoms with Gasteiger partial charge < -0.3 is 4.74 Å². The minimum Gasteiger partial charge on any atom is -0.381 e. The molecular weight excluding hydrogens is 457 g/mol. The first kappa shape index (κ1) is 24.7. The third kappa shape index (κ3) is 6.39. The van der Waals surface area contributed by atoms with Crippen LogP contribution in [0.15, 0.2) is 36.9 Å². The van der Waals surface area contributed by atoms with E-state index in [4.69, 9.17) is 4.74 Å². The van der Waals surface area contributed by atoms with E-state index >= 15 is 0 Å². The van der Waals surface area contributed by atoms with Crippen LogP contribution in [-0.2, 0) is 4.74 Å². The van der Waals surface area contributed by atoms with Crippen LogP contribution < -0.4 is 0 Å².